The number of carboxylic acids is 1. The first-order valence-electron chi connectivity index (χ1n) is 17.2. The number of hydrogen-bond acceptors (Lipinski definition) is 6. The van der Waals surface area contributed by atoms with Crippen molar-refractivity contribution in [1.82, 2.24) is 14.8 Å². The number of ether oxygens (including phenoxy) is 3. The van der Waals surface area contributed by atoms with E-state index in [0.717, 1.165) is 58.3 Å². The van der Waals surface area contributed by atoms with E-state index in [1.54, 1.807) is 18.2 Å². The van der Waals surface area contributed by atoms with Crippen LogP contribution in [-0.2, 0) is 27.9 Å². The third kappa shape index (κ3) is 7.34. The van der Waals surface area contributed by atoms with Crippen molar-refractivity contribution >= 4 is 27.6 Å². The van der Waals surface area contributed by atoms with Crippen LogP contribution in [0.2, 0.25) is 0 Å². The fourth-order valence-corrected chi connectivity index (χ4v) is 6.71. The molecule has 0 aliphatic carbocycles. The number of carboxylic acid groups (broad SMARTS) is 1. The van der Waals surface area contributed by atoms with Gasteiger partial charge < -0.3 is 19.3 Å². The molecule has 4 aromatic carbocycles. The minimum Gasteiger partial charge on any atom is -0.493 e. The lowest BCUT2D eigenvalue weighted by Gasteiger charge is -2.29. The average Bonchev–Trinajstić information content (AvgIpc) is 3.55. The van der Waals surface area contributed by atoms with Gasteiger partial charge in [-0.05, 0) is 84.3 Å². The molecule has 0 amide bonds. The third-order valence-electron chi connectivity index (χ3n) is 9.36. The molecule has 51 heavy (non-hydrogen) atoms. The van der Waals surface area contributed by atoms with Crippen molar-refractivity contribution in [1.29, 1.82) is 0 Å². The van der Waals surface area contributed by atoms with Crippen LogP contribution < -0.4 is 4.74 Å². The smallest absolute Gasteiger partial charge is 0.335 e. The van der Waals surface area contributed by atoms with E-state index in [0.29, 0.717) is 48.8 Å². The summed E-state index contributed by atoms with van der Waals surface area (Å²) in [7, 11) is 0. The summed E-state index contributed by atoms with van der Waals surface area (Å²) in [6, 6.07) is 24.2. The van der Waals surface area contributed by atoms with Crippen molar-refractivity contribution < 1.29 is 32.9 Å². The van der Waals surface area contributed by atoms with Gasteiger partial charge in [0.25, 0.3) is 0 Å². The molecule has 2 aromatic heterocycles. The van der Waals surface area contributed by atoms with Gasteiger partial charge in [-0.2, -0.15) is 5.10 Å². The maximum atomic E-state index is 14.9. The predicted molar refractivity (Wildman–Crippen MR) is 191 cm³/mol. The second kappa shape index (κ2) is 14.6. The molecule has 3 heterocycles. The van der Waals surface area contributed by atoms with Gasteiger partial charge in [0, 0.05) is 34.8 Å². The molecule has 1 unspecified atom stereocenters. The van der Waals surface area contributed by atoms with Gasteiger partial charge in [-0.25, -0.2) is 18.3 Å². The number of nitrogens with zero attached hydrogens (tertiary/aromatic N) is 3. The van der Waals surface area contributed by atoms with Gasteiger partial charge >= 0.3 is 5.97 Å². The number of aromatic nitrogens is 3. The van der Waals surface area contributed by atoms with Crippen molar-refractivity contribution in [3.8, 4) is 16.9 Å². The zero-order valence-electron chi connectivity index (χ0n) is 28.6. The fourth-order valence-electron chi connectivity index (χ4n) is 6.71. The Kier molecular flexibility index (Phi) is 9.79. The molecule has 6 aromatic rings. The molecule has 7 rings (SSSR count). The van der Waals surface area contributed by atoms with Crippen LogP contribution in [0.5, 0.6) is 5.75 Å². The summed E-state index contributed by atoms with van der Waals surface area (Å²) in [5, 5.41) is 16.6. The second-order valence-corrected chi connectivity index (χ2v) is 13.6. The largest absolute Gasteiger partial charge is 0.493 e. The van der Waals surface area contributed by atoms with Crippen molar-refractivity contribution in [2.75, 3.05) is 19.8 Å². The van der Waals surface area contributed by atoms with Crippen LogP contribution in [-0.4, -0.2) is 45.7 Å². The summed E-state index contributed by atoms with van der Waals surface area (Å²) >= 11 is 0. The first-order valence-corrected chi connectivity index (χ1v) is 17.2. The number of aromatic carboxylic acids is 1. The van der Waals surface area contributed by atoms with E-state index in [1.807, 2.05) is 55.1 Å². The van der Waals surface area contributed by atoms with Crippen LogP contribution in [0.3, 0.4) is 0 Å². The topological polar surface area (TPSA) is 95.7 Å². The molecule has 262 valence electrons. The van der Waals surface area contributed by atoms with Crippen LogP contribution in [0.1, 0.15) is 66.6 Å². The predicted octanol–water partition coefficient (Wildman–Crippen LogP) is 9.04. The zero-order chi connectivity index (χ0) is 35.5. The van der Waals surface area contributed by atoms with Gasteiger partial charge in [0.05, 0.1) is 48.5 Å². The van der Waals surface area contributed by atoms with E-state index >= 15 is 0 Å². The van der Waals surface area contributed by atoms with Crippen LogP contribution in [0.15, 0.2) is 91.1 Å². The SMILES string of the molecule is CC(C)(COCc1ccccc1)c1nc(CCOc2ccc(C(=O)O)cc2)c2cc3c(cnn3C3CCCCO3)cc2c1-c1ccc(F)c(F)c1. The van der Waals surface area contributed by atoms with E-state index in [2.05, 4.69) is 12.1 Å². The lowest BCUT2D eigenvalue weighted by atomic mass is 9.82. The van der Waals surface area contributed by atoms with Gasteiger partial charge in [0.15, 0.2) is 17.9 Å². The molecular formula is C41H39F2N3O5. The maximum Gasteiger partial charge on any atom is 0.335 e. The summed E-state index contributed by atoms with van der Waals surface area (Å²) in [6.07, 6.45) is 4.94. The highest BCUT2D eigenvalue weighted by Gasteiger charge is 2.30. The van der Waals surface area contributed by atoms with Gasteiger partial charge in [0.2, 0.25) is 0 Å². The van der Waals surface area contributed by atoms with Crippen molar-refractivity contribution in [2.45, 2.75) is 57.8 Å². The summed E-state index contributed by atoms with van der Waals surface area (Å²) in [4.78, 5) is 16.7. The van der Waals surface area contributed by atoms with Gasteiger partial charge in [-0.1, -0.05) is 50.2 Å². The van der Waals surface area contributed by atoms with E-state index in [4.69, 9.17) is 24.3 Å². The van der Waals surface area contributed by atoms with Crippen LogP contribution >= 0.6 is 0 Å². The number of hydrogen-bond donors (Lipinski definition) is 1. The van der Waals surface area contributed by atoms with Crippen molar-refractivity contribution in [2.24, 2.45) is 0 Å². The standard InChI is InChI=1S/C41H39F2N3O5/c1-41(2,25-49-24-26-8-4-3-5-9-26)39-38(28-13-16-33(42)34(43)21-28)32-20-29-23-44-46(37-10-6-7-18-51-37)36(29)22-31(32)35(45-39)17-19-50-30-14-11-27(12-15-30)40(47)48/h3-5,8-9,11-16,20-23,37H,6-7,10,17-19,24-25H2,1-2H3,(H,47,48). The average molecular weight is 692 g/mol. The molecule has 1 atom stereocenters. The van der Waals surface area contributed by atoms with E-state index in [9.17, 15) is 18.7 Å². The molecule has 1 fully saturated rings. The first kappa shape index (κ1) is 34.3. The van der Waals surface area contributed by atoms with Gasteiger partial charge in [0.1, 0.15) is 5.75 Å². The van der Waals surface area contributed by atoms with Crippen molar-refractivity contribution in [3.05, 3.63) is 125 Å². The summed E-state index contributed by atoms with van der Waals surface area (Å²) in [6.45, 7) is 5.72. The molecule has 0 saturated carbocycles. The number of fused-ring (bicyclic) bond motifs is 2. The van der Waals surface area contributed by atoms with Crippen LogP contribution in [0, 0.1) is 11.6 Å². The second-order valence-electron chi connectivity index (χ2n) is 13.6. The Morgan fingerprint density at radius 3 is 2.51 bits per heavy atom. The fraction of sp³-hybridized carbons (Fsp3) is 0.293. The van der Waals surface area contributed by atoms with Gasteiger partial charge in [-0.15, -0.1) is 0 Å². The van der Waals surface area contributed by atoms with E-state index in [1.165, 1.54) is 18.2 Å². The first-order chi connectivity index (χ1) is 24.7. The maximum absolute atomic E-state index is 14.9. The number of carbonyl (C=O) groups is 1. The van der Waals surface area contributed by atoms with E-state index in [-0.39, 0.29) is 18.4 Å². The number of pyridine rings is 1. The third-order valence-corrected chi connectivity index (χ3v) is 9.36. The number of halogens is 2. The molecule has 1 aliphatic rings. The molecule has 0 spiro atoms. The summed E-state index contributed by atoms with van der Waals surface area (Å²) < 4.78 is 49.6. The minimum atomic E-state index is -1.01. The highest BCUT2D eigenvalue weighted by atomic mass is 19.2. The molecule has 10 heteroatoms. The lowest BCUT2D eigenvalue weighted by molar-refractivity contribution is -0.0366. The summed E-state index contributed by atoms with van der Waals surface area (Å²) in [5.74, 6) is -2.35. The summed E-state index contributed by atoms with van der Waals surface area (Å²) in [5.41, 5.74) is 4.05. The van der Waals surface area contributed by atoms with Crippen molar-refractivity contribution in [3.63, 3.8) is 0 Å². The van der Waals surface area contributed by atoms with Crippen LogP contribution in [0.4, 0.5) is 8.78 Å². The minimum absolute atomic E-state index is 0.173. The van der Waals surface area contributed by atoms with E-state index < -0.39 is 23.0 Å². The van der Waals surface area contributed by atoms with Crippen LogP contribution in [0.25, 0.3) is 32.8 Å². The number of benzene rings is 4. The molecule has 1 aliphatic heterocycles. The molecule has 1 saturated heterocycles. The highest BCUT2D eigenvalue weighted by Crippen LogP contribution is 2.41. The molecule has 0 radical (unpaired) electrons. The Balaban J connectivity index is 1.35. The zero-order valence-corrected chi connectivity index (χ0v) is 28.6. The lowest BCUT2D eigenvalue weighted by Crippen LogP contribution is -2.27. The monoisotopic (exact) mass is 691 g/mol. The Labute approximate surface area is 294 Å². The molecule has 8 nitrogen and oxygen atoms in total. The molecule has 1 N–H and O–H groups in total. The van der Waals surface area contributed by atoms with Gasteiger partial charge in [-0.3, -0.25) is 4.98 Å². The Hall–Kier alpha value is -5.19. The Bertz CT molecular complexity index is 2180. The quantitative estimate of drug-likeness (QED) is 0.137. The molecule has 0 bridgehead atoms. The highest BCUT2D eigenvalue weighted by molar-refractivity contribution is 6.06. The Morgan fingerprint density at radius 1 is 0.980 bits per heavy atom. The normalized spacial score (nSPS) is 15.0. The molecular weight excluding hydrogens is 652 g/mol. The Morgan fingerprint density at radius 2 is 1.78 bits per heavy atom. The number of rotatable bonds is 12.